The molecule has 0 bridgehead atoms. The molecule has 0 aromatic heterocycles. The predicted molar refractivity (Wildman–Crippen MR) is 83.6 cm³/mol. The number of hydrogen-bond donors (Lipinski definition) is 1. The van der Waals surface area contributed by atoms with Crippen LogP contribution in [0.3, 0.4) is 0 Å². The van der Waals surface area contributed by atoms with Gasteiger partial charge in [0.15, 0.2) is 0 Å². The third kappa shape index (κ3) is 3.84. The smallest absolute Gasteiger partial charge is 0.120 e. The molecule has 0 aliphatic heterocycles. The molecule has 2 heteroatoms. The molecule has 0 aliphatic carbocycles. The van der Waals surface area contributed by atoms with Crippen LogP contribution in [0.1, 0.15) is 37.9 Å². The van der Waals surface area contributed by atoms with Crippen LogP contribution in [0.25, 0.3) is 0 Å². The van der Waals surface area contributed by atoms with Crippen molar-refractivity contribution in [2.45, 2.75) is 33.4 Å². The molecule has 0 spiro atoms. The molecule has 0 aliphatic rings. The maximum atomic E-state index is 6.29. The fraction of sp³-hybridized carbons (Fsp3) is 0.333. The van der Waals surface area contributed by atoms with E-state index < -0.39 is 0 Å². The van der Waals surface area contributed by atoms with Crippen LogP contribution < -0.4 is 10.5 Å². The molecule has 2 nitrogen and oxygen atoms in total. The largest absolute Gasteiger partial charge is 0.489 e. The van der Waals surface area contributed by atoms with Crippen LogP contribution in [-0.4, -0.2) is 0 Å². The summed E-state index contributed by atoms with van der Waals surface area (Å²) in [6, 6.07) is 18.2. The lowest BCUT2D eigenvalue weighted by Crippen LogP contribution is -2.26. The van der Waals surface area contributed by atoms with Crippen LogP contribution in [0.5, 0.6) is 5.75 Å². The first-order valence-corrected chi connectivity index (χ1v) is 6.99. The second kappa shape index (κ2) is 6.10. The lowest BCUT2D eigenvalue weighted by atomic mass is 9.83. The van der Waals surface area contributed by atoms with E-state index in [9.17, 15) is 0 Å². The van der Waals surface area contributed by atoms with Crippen LogP contribution >= 0.6 is 0 Å². The molecule has 0 saturated heterocycles. The minimum absolute atomic E-state index is 0.00257. The van der Waals surface area contributed by atoms with Gasteiger partial charge >= 0.3 is 0 Å². The Morgan fingerprint density at radius 2 is 1.70 bits per heavy atom. The van der Waals surface area contributed by atoms with Crippen molar-refractivity contribution < 1.29 is 4.74 Å². The van der Waals surface area contributed by atoms with Gasteiger partial charge in [0.25, 0.3) is 0 Å². The average Bonchev–Trinajstić information content (AvgIpc) is 2.45. The summed E-state index contributed by atoms with van der Waals surface area (Å²) in [4.78, 5) is 0. The molecule has 2 rings (SSSR count). The highest BCUT2D eigenvalue weighted by molar-refractivity contribution is 5.31. The predicted octanol–water partition coefficient (Wildman–Crippen LogP) is 4.31. The van der Waals surface area contributed by atoms with Crippen molar-refractivity contribution in [3.8, 4) is 5.75 Å². The van der Waals surface area contributed by atoms with Crippen molar-refractivity contribution in [2.24, 2.45) is 11.1 Å². The number of nitrogens with two attached hydrogens (primary N) is 1. The quantitative estimate of drug-likeness (QED) is 0.897. The van der Waals surface area contributed by atoms with Crippen LogP contribution in [0.2, 0.25) is 0 Å². The zero-order valence-corrected chi connectivity index (χ0v) is 12.5. The van der Waals surface area contributed by atoms with E-state index >= 15 is 0 Å². The van der Waals surface area contributed by atoms with Crippen molar-refractivity contribution in [3.63, 3.8) is 0 Å². The second-order valence-corrected chi connectivity index (χ2v) is 6.19. The summed E-state index contributed by atoms with van der Waals surface area (Å²) in [5.41, 5.74) is 8.61. The first kappa shape index (κ1) is 14.6. The van der Waals surface area contributed by atoms with Crippen molar-refractivity contribution in [3.05, 3.63) is 65.7 Å². The van der Waals surface area contributed by atoms with Crippen LogP contribution in [0.15, 0.2) is 54.6 Å². The highest BCUT2D eigenvalue weighted by Crippen LogP contribution is 2.31. The maximum absolute atomic E-state index is 6.29. The fourth-order valence-corrected chi connectivity index (χ4v) is 2.04. The second-order valence-electron chi connectivity index (χ2n) is 6.19. The molecule has 2 aromatic carbocycles. The molecule has 1 atom stereocenters. The molecular weight excluding hydrogens is 246 g/mol. The summed E-state index contributed by atoms with van der Waals surface area (Å²) in [6.07, 6.45) is 0. The topological polar surface area (TPSA) is 35.2 Å². The van der Waals surface area contributed by atoms with Gasteiger partial charge < -0.3 is 10.5 Å². The lowest BCUT2D eigenvalue weighted by molar-refractivity contribution is 0.301. The normalized spacial score (nSPS) is 13.0. The maximum Gasteiger partial charge on any atom is 0.120 e. The van der Waals surface area contributed by atoms with Gasteiger partial charge in [-0.3, -0.25) is 0 Å². The molecule has 20 heavy (non-hydrogen) atoms. The van der Waals surface area contributed by atoms with E-state index in [1.807, 2.05) is 36.4 Å². The monoisotopic (exact) mass is 269 g/mol. The van der Waals surface area contributed by atoms with Gasteiger partial charge in [0.2, 0.25) is 0 Å². The zero-order valence-electron chi connectivity index (χ0n) is 12.5. The van der Waals surface area contributed by atoms with Crippen molar-refractivity contribution in [1.29, 1.82) is 0 Å². The van der Waals surface area contributed by atoms with Gasteiger partial charge in [-0.2, -0.15) is 0 Å². The molecule has 2 N–H and O–H groups in total. The molecule has 0 heterocycles. The lowest BCUT2D eigenvalue weighted by Gasteiger charge is -2.27. The van der Waals surface area contributed by atoms with Gasteiger partial charge in [-0.1, -0.05) is 63.2 Å². The molecule has 0 fully saturated rings. The fourth-order valence-electron chi connectivity index (χ4n) is 2.04. The van der Waals surface area contributed by atoms with Gasteiger partial charge in [-0.25, -0.2) is 0 Å². The van der Waals surface area contributed by atoms with Gasteiger partial charge in [0.05, 0.1) is 0 Å². The SMILES string of the molecule is CC(C)(C)C(N)c1cccc(OCc2ccccc2)c1. The van der Waals surface area contributed by atoms with E-state index in [1.54, 1.807) is 0 Å². The van der Waals surface area contributed by atoms with Gasteiger partial charge in [0.1, 0.15) is 12.4 Å². The van der Waals surface area contributed by atoms with Gasteiger partial charge in [-0.05, 0) is 28.7 Å². The molecule has 0 amide bonds. The standard InChI is InChI=1S/C18H23NO/c1-18(2,3)17(19)15-10-7-11-16(12-15)20-13-14-8-5-4-6-9-14/h4-12,17H,13,19H2,1-3H3. The minimum atomic E-state index is 0.00257. The highest BCUT2D eigenvalue weighted by Gasteiger charge is 2.22. The molecule has 0 saturated carbocycles. The van der Waals surface area contributed by atoms with Crippen LogP contribution in [0.4, 0.5) is 0 Å². The summed E-state index contributed by atoms with van der Waals surface area (Å²) in [5.74, 6) is 0.867. The third-order valence-corrected chi connectivity index (χ3v) is 3.40. The van der Waals surface area contributed by atoms with E-state index in [4.69, 9.17) is 10.5 Å². The van der Waals surface area contributed by atoms with E-state index in [0.29, 0.717) is 6.61 Å². The van der Waals surface area contributed by atoms with E-state index in [0.717, 1.165) is 16.9 Å². The van der Waals surface area contributed by atoms with Gasteiger partial charge in [0, 0.05) is 6.04 Å². The Labute approximate surface area is 121 Å². The Bertz CT molecular complexity index is 543. The van der Waals surface area contributed by atoms with E-state index in [-0.39, 0.29) is 11.5 Å². The first-order valence-electron chi connectivity index (χ1n) is 6.99. The third-order valence-electron chi connectivity index (χ3n) is 3.40. The zero-order chi connectivity index (χ0) is 14.6. The molecular formula is C18H23NO. The first-order chi connectivity index (χ1) is 9.47. The van der Waals surface area contributed by atoms with Crippen molar-refractivity contribution in [1.82, 2.24) is 0 Å². The molecule has 106 valence electrons. The van der Waals surface area contributed by atoms with E-state index in [1.165, 1.54) is 0 Å². The van der Waals surface area contributed by atoms with Crippen molar-refractivity contribution in [2.75, 3.05) is 0 Å². The van der Waals surface area contributed by atoms with Crippen molar-refractivity contribution >= 4 is 0 Å². The number of hydrogen-bond acceptors (Lipinski definition) is 2. The Balaban J connectivity index is 2.07. The molecule has 0 radical (unpaired) electrons. The average molecular weight is 269 g/mol. The summed E-state index contributed by atoms with van der Waals surface area (Å²) >= 11 is 0. The Hall–Kier alpha value is -1.80. The number of ether oxygens (including phenoxy) is 1. The summed E-state index contributed by atoms with van der Waals surface area (Å²) < 4.78 is 5.84. The number of rotatable bonds is 4. The molecule has 2 aromatic rings. The van der Waals surface area contributed by atoms with Gasteiger partial charge in [-0.15, -0.1) is 0 Å². The Morgan fingerprint density at radius 3 is 2.35 bits per heavy atom. The highest BCUT2D eigenvalue weighted by atomic mass is 16.5. The molecule has 1 unspecified atom stereocenters. The summed E-state index contributed by atoms with van der Waals surface area (Å²) in [6.45, 7) is 7.02. The van der Waals surface area contributed by atoms with E-state index in [2.05, 4.69) is 39.0 Å². The summed E-state index contributed by atoms with van der Waals surface area (Å²) in [7, 11) is 0. The Morgan fingerprint density at radius 1 is 1.00 bits per heavy atom. The van der Waals surface area contributed by atoms with Crippen LogP contribution in [0, 0.1) is 5.41 Å². The minimum Gasteiger partial charge on any atom is -0.489 e. The summed E-state index contributed by atoms with van der Waals surface area (Å²) in [5, 5.41) is 0. The van der Waals surface area contributed by atoms with Crippen LogP contribution in [-0.2, 0) is 6.61 Å². The number of benzene rings is 2. The Kier molecular flexibility index (Phi) is 4.46.